The van der Waals surface area contributed by atoms with Crippen LogP contribution in [-0.2, 0) is 4.74 Å². The van der Waals surface area contributed by atoms with Gasteiger partial charge in [-0.05, 0) is 19.4 Å². The van der Waals surface area contributed by atoms with Crippen LogP contribution in [0.3, 0.4) is 0 Å². The van der Waals surface area contributed by atoms with Crippen molar-refractivity contribution in [3.8, 4) is 0 Å². The predicted molar refractivity (Wildman–Crippen MR) is 44.2 cm³/mol. The zero-order valence-corrected chi connectivity index (χ0v) is 7.48. The minimum absolute atomic E-state index is 0.597. The number of rotatable bonds is 5. The van der Waals surface area contributed by atoms with Crippen LogP contribution in [0.25, 0.3) is 0 Å². The molecule has 0 spiro atoms. The second-order valence-electron chi connectivity index (χ2n) is 2.74. The minimum Gasteiger partial charge on any atom is -0.384 e. The summed E-state index contributed by atoms with van der Waals surface area (Å²) in [5, 5.41) is 3.26. The smallest absolute Gasteiger partial charge is 0.0502 e. The molecule has 0 heterocycles. The Morgan fingerprint density at radius 1 is 1.50 bits per heavy atom. The van der Waals surface area contributed by atoms with E-state index in [1.807, 2.05) is 7.05 Å². The highest BCUT2D eigenvalue weighted by Crippen LogP contribution is 2.05. The fourth-order valence-corrected chi connectivity index (χ4v) is 1.27. The second-order valence-corrected chi connectivity index (χ2v) is 2.74. The lowest BCUT2D eigenvalue weighted by Crippen LogP contribution is -2.33. The van der Waals surface area contributed by atoms with Crippen molar-refractivity contribution in [3.05, 3.63) is 0 Å². The maximum Gasteiger partial charge on any atom is 0.0502 e. The Kier molecular flexibility index (Phi) is 5.64. The van der Waals surface area contributed by atoms with E-state index < -0.39 is 0 Å². The van der Waals surface area contributed by atoms with Crippen molar-refractivity contribution >= 4 is 0 Å². The topological polar surface area (TPSA) is 21.3 Å². The van der Waals surface area contributed by atoms with Crippen molar-refractivity contribution in [2.24, 2.45) is 5.92 Å². The highest BCUT2D eigenvalue weighted by Gasteiger charge is 2.11. The largest absolute Gasteiger partial charge is 0.384 e. The molecular formula is C8H19NO. The minimum atomic E-state index is 0.597. The fourth-order valence-electron chi connectivity index (χ4n) is 1.27. The van der Waals surface area contributed by atoms with Crippen LogP contribution >= 0.6 is 0 Å². The SMILES string of the molecule is CCC(NC)C(C)COC. The summed E-state index contributed by atoms with van der Waals surface area (Å²) in [5.74, 6) is 0.611. The van der Waals surface area contributed by atoms with Crippen molar-refractivity contribution < 1.29 is 4.74 Å². The molecule has 0 fully saturated rings. The molecule has 0 saturated heterocycles. The summed E-state index contributed by atoms with van der Waals surface area (Å²) in [6, 6.07) is 0.597. The average molecular weight is 145 g/mol. The van der Waals surface area contributed by atoms with E-state index in [1.165, 1.54) is 6.42 Å². The van der Waals surface area contributed by atoms with Gasteiger partial charge in [-0.3, -0.25) is 0 Å². The lowest BCUT2D eigenvalue weighted by molar-refractivity contribution is 0.140. The van der Waals surface area contributed by atoms with E-state index >= 15 is 0 Å². The highest BCUT2D eigenvalue weighted by atomic mass is 16.5. The van der Waals surface area contributed by atoms with Gasteiger partial charge in [0.2, 0.25) is 0 Å². The third kappa shape index (κ3) is 3.18. The summed E-state index contributed by atoms with van der Waals surface area (Å²) in [7, 11) is 3.75. The third-order valence-electron chi connectivity index (χ3n) is 1.93. The van der Waals surface area contributed by atoms with Crippen LogP contribution in [0.4, 0.5) is 0 Å². The van der Waals surface area contributed by atoms with E-state index in [1.54, 1.807) is 7.11 Å². The van der Waals surface area contributed by atoms with Crippen LogP contribution in [0.2, 0.25) is 0 Å². The van der Waals surface area contributed by atoms with E-state index in [4.69, 9.17) is 4.74 Å². The Morgan fingerprint density at radius 3 is 2.40 bits per heavy atom. The van der Waals surface area contributed by atoms with Crippen molar-refractivity contribution in [1.29, 1.82) is 0 Å². The standard InChI is InChI=1S/C8H19NO/c1-5-8(9-3)7(2)6-10-4/h7-9H,5-6H2,1-4H3. The summed E-state index contributed by atoms with van der Waals surface area (Å²) in [6.45, 7) is 5.24. The normalized spacial score (nSPS) is 16.8. The Morgan fingerprint density at radius 2 is 2.10 bits per heavy atom. The molecule has 10 heavy (non-hydrogen) atoms. The molecule has 1 N–H and O–H groups in total. The number of hydrogen-bond acceptors (Lipinski definition) is 2. The molecule has 0 aromatic rings. The molecule has 0 amide bonds. The Labute approximate surface area is 64.0 Å². The van der Waals surface area contributed by atoms with Gasteiger partial charge in [-0.15, -0.1) is 0 Å². The summed E-state index contributed by atoms with van der Waals surface area (Å²) >= 11 is 0. The second kappa shape index (κ2) is 5.69. The molecule has 0 aromatic carbocycles. The number of nitrogens with one attached hydrogen (secondary N) is 1. The molecule has 0 bridgehead atoms. The van der Waals surface area contributed by atoms with Crippen molar-refractivity contribution in [2.45, 2.75) is 26.3 Å². The number of methoxy groups -OCH3 is 1. The zero-order chi connectivity index (χ0) is 7.98. The molecular weight excluding hydrogens is 126 g/mol. The average Bonchev–Trinajstić information content (AvgIpc) is 1.91. The van der Waals surface area contributed by atoms with Crippen LogP contribution in [0, 0.1) is 5.92 Å². The van der Waals surface area contributed by atoms with E-state index in [-0.39, 0.29) is 0 Å². The van der Waals surface area contributed by atoms with Gasteiger partial charge in [0.25, 0.3) is 0 Å². The lowest BCUT2D eigenvalue weighted by atomic mass is 10.0. The van der Waals surface area contributed by atoms with Crippen molar-refractivity contribution in [3.63, 3.8) is 0 Å². The first-order valence-electron chi connectivity index (χ1n) is 3.92. The quantitative estimate of drug-likeness (QED) is 0.629. The van der Waals surface area contributed by atoms with Crippen LogP contribution in [0.1, 0.15) is 20.3 Å². The van der Waals surface area contributed by atoms with Gasteiger partial charge in [0.05, 0.1) is 6.61 Å². The monoisotopic (exact) mass is 145 g/mol. The maximum absolute atomic E-state index is 5.05. The number of ether oxygens (including phenoxy) is 1. The van der Waals surface area contributed by atoms with E-state index in [0.29, 0.717) is 12.0 Å². The molecule has 2 atom stereocenters. The predicted octanol–water partition coefficient (Wildman–Crippen LogP) is 1.27. The fraction of sp³-hybridized carbons (Fsp3) is 1.00. The Bertz CT molecular complexity index is 71.7. The lowest BCUT2D eigenvalue weighted by Gasteiger charge is -2.20. The van der Waals surface area contributed by atoms with Gasteiger partial charge >= 0.3 is 0 Å². The van der Waals surface area contributed by atoms with Gasteiger partial charge in [0, 0.05) is 13.2 Å². The van der Waals surface area contributed by atoms with Gasteiger partial charge in [-0.1, -0.05) is 13.8 Å². The summed E-state index contributed by atoms with van der Waals surface area (Å²) in [4.78, 5) is 0. The van der Waals surface area contributed by atoms with Gasteiger partial charge in [0.1, 0.15) is 0 Å². The molecule has 0 saturated carbocycles. The van der Waals surface area contributed by atoms with Crippen LogP contribution in [0.5, 0.6) is 0 Å². The maximum atomic E-state index is 5.05. The van der Waals surface area contributed by atoms with E-state index in [2.05, 4.69) is 19.2 Å². The zero-order valence-electron chi connectivity index (χ0n) is 7.48. The Hall–Kier alpha value is -0.0800. The molecule has 2 unspecified atom stereocenters. The van der Waals surface area contributed by atoms with E-state index in [9.17, 15) is 0 Å². The van der Waals surface area contributed by atoms with Gasteiger partial charge in [-0.25, -0.2) is 0 Å². The summed E-state index contributed by atoms with van der Waals surface area (Å²) < 4.78 is 5.05. The van der Waals surface area contributed by atoms with Gasteiger partial charge < -0.3 is 10.1 Å². The molecule has 0 aromatic heterocycles. The molecule has 0 radical (unpaired) electrons. The van der Waals surface area contributed by atoms with Crippen LogP contribution < -0.4 is 5.32 Å². The third-order valence-corrected chi connectivity index (χ3v) is 1.93. The first-order chi connectivity index (χ1) is 4.76. The molecule has 62 valence electrons. The van der Waals surface area contributed by atoms with Crippen molar-refractivity contribution in [1.82, 2.24) is 5.32 Å². The first kappa shape index (κ1) is 9.92. The Balaban J connectivity index is 3.53. The molecule has 2 nitrogen and oxygen atoms in total. The molecule has 0 rings (SSSR count). The van der Waals surface area contributed by atoms with Gasteiger partial charge in [0.15, 0.2) is 0 Å². The summed E-state index contributed by atoms with van der Waals surface area (Å²) in [5.41, 5.74) is 0. The van der Waals surface area contributed by atoms with Crippen LogP contribution in [-0.4, -0.2) is 26.8 Å². The first-order valence-corrected chi connectivity index (χ1v) is 3.92. The van der Waals surface area contributed by atoms with Crippen LogP contribution in [0.15, 0.2) is 0 Å². The molecule has 2 heteroatoms. The molecule has 0 aliphatic heterocycles. The highest BCUT2D eigenvalue weighted by molar-refractivity contribution is 4.68. The van der Waals surface area contributed by atoms with E-state index in [0.717, 1.165) is 6.61 Å². The van der Waals surface area contributed by atoms with Crippen molar-refractivity contribution in [2.75, 3.05) is 20.8 Å². The van der Waals surface area contributed by atoms with Gasteiger partial charge in [-0.2, -0.15) is 0 Å². The summed E-state index contributed by atoms with van der Waals surface area (Å²) in [6.07, 6.45) is 1.17. The number of hydrogen-bond donors (Lipinski definition) is 1. The molecule has 0 aliphatic carbocycles. The molecule has 0 aliphatic rings.